The second-order valence-corrected chi connectivity index (χ2v) is 3.96. The van der Waals surface area contributed by atoms with Gasteiger partial charge in [0.2, 0.25) is 0 Å². The van der Waals surface area contributed by atoms with Gasteiger partial charge in [-0.1, -0.05) is 6.07 Å². The van der Waals surface area contributed by atoms with Gasteiger partial charge in [0.15, 0.2) is 5.58 Å². The third kappa shape index (κ3) is 2.08. The minimum Gasteiger partial charge on any atom is -0.423 e. The highest BCUT2D eigenvalue weighted by Gasteiger charge is 2.10. The second-order valence-electron chi connectivity index (χ2n) is 3.96. The summed E-state index contributed by atoms with van der Waals surface area (Å²) in [4.78, 5) is 4.11. The number of oxazole rings is 1. The predicted octanol–water partition coefficient (Wildman–Crippen LogP) is 3.43. The number of hydrogen-bond acceptors (Lipinski definition) is 4. The number of para-hydroxylation sites is 1. The number of fused-ring (bicyclic) bond motifs is 1. The van der Waals surface area contributed by atoms with Crippen molar-refractivity contribution in [3.05, 3.63) is 48.0 Å². The van der Waals surface area contributed by atoms with Gasteiger partial charge >= 0.3 is 0 Å². The lowest BCUT2D eigenvalue weighted by atomic mass is 10.3. The molecule has 96 valence electrons. The molecule has 0 bridgehead atoms. The maximum atomic E-state index is 13.5. The van der Waals surface area contributed by atoms with Crippen LogP contribution in [0.5, 0.6) is 0 Å². The van der Waals surface area contributed by atoms with Gasteiger partial charge in [-0.2, -0.15) is 4.98 Å². The van der Waals surface area contributed by atoms with Gasteiger partial charge in [-0.3, -0.25) is 0 Å². The van der Waals surface area contributed by atoms with Crippen LogP contribution in [0.2, 0.25) is 0 Å². The van der Waals surface area contributed by atoms with E-state index in [0.717, 1.165) is 12.1 Å². The van der Waals surface area contributed by atoms with Crippen molar-refractivity contribution in [1.82, 2.24) is 4.98 Å². The van der Waals surface area contributed by atoms with E-state index in [0.29, 0.717) is 16.8 Å². The van der Waals surface area contributed by atoms with Crippen LogP contribution in [0.1, 0.15) is 0 Å². The summed E-state index contributed by atoms with van der Waals surface area (Å²) in [5, 5.41) is 2.64. The summed E-state index contributed by atoms with van der Waals surface area (Å²) in [5.74, 6) is -1.37. The Morgan fingerprint density at radius 2 is 2.00 bits per heavy atom. The van der Waals surface area contributed by atoms with Gasteiger partial charge < -0.3 is 15.5 Å². The highest BCUT2D eigenvalue weighted by Crippen LogP contribution is 2.26. The Bertz CT molecular complexity index is 755. The lowest BCUT2D eigenvalue weighted by molar-refractivity contribution is 0.582. The summed E-state index contributed by atoms with van der Waals surface area (Å²) in [5.41, 5.74) is 7.26. The van der Waals surface area contributed by atoms with Gasteiger partial charge in [0.1, 0.15) is 17.2 Å². The minimum absolute atomic E-state index is 0.0755. The van der Waals surface area contributed by atoms with Crippen molar-refractivity contribution < 1.29 is 13.2 Å². The normalized spacial score (nSPS) is 10.8. The van der Waals surface area contributed by atoms with Crippen molar-refractivity contribution in [3.8, 4) is 0 Å². The van der Waals surface area contributed by atoms with E-state index in [-0.39, 0.29) is 11.7 Å². The van der Waals surface area contributed by atoms with Crippen molar-refractivity contribution in [2.24, 2.45) is 0 Å². The topological polar surface area (TPSA) is 64.1 Å². The largest absolute Gasteiger partial charge is 0.423 e. The Morgan fingerprint density at radius 3 is 2.74 bits per heavy atom. The quantitative estimate of drug-likeness (QED) is 0.694. The zero-order chi connectivity index (χ0) is 13.4. The van der Waals surface area contributed by atoms with Crippen molar-refractivity contribution >= 4 is 28.5 Å². The first-order valence-electron chi connectivity index (χ1n) is 5.50. The van der Waals surface area contributed by atoms with Crippen molar-refractivity contribution in [2.45, 2.75) is 0 Å². The Balaban J connectivity index is 1.99. The van der Waals surface area contributed by atoms with Crippen LogP contribution in [0.4, 0.5) is 26.2 Å². The molecule has 0 aliphatic carbocycles. The molecule has 0 aliphatic heterocycles. The number of nitrogens with two attached hydrogens (primary N) is 1. The lowest BCUT2D eigenvalue weighted by Gasteiger charge is -2.02. The molecule has 0 saturated heterocycles. The fourth-order valence-corrected chi connectivity index (χ4v) is 1.73. The summed E-state index contributed by atoms with van der Waals surface area (Å²) in [7, 11) is 0. The zero-order valence-electron chi connectivity index (χ0n) is 9.65. The molecular formula is C13H9F2N3O. The van der Waals surface area contributed by atoms with Crippen molar-refractivity contribution in [1.29, 1.82) is 0 Å². The van der Waals surface area contributed by atoms with Gasteiger partial charge in [-0.05, 0) is 24.3 Å². The molecule has 0 unspecified atom stereocenters. The van der Waals surface area contributed by atoms with Crippen LogP contribution in [0.25, 0.3) is 11.1 Å². The third-order valence-electron chi connectivity index (χ3n) is 2.62. The molecule has 4 nitrogen and oxygen atoms in total. The number of halogens is 2. The van der Waals surface area contributed by atoms with E-state index in [9.17, 15) is 8.78 Å². The molecule has 0 fully saturated rings. The Kier molecular flexibility index (Phi) is 2.56. The number of hydrogen-bond donors (Lipinski definition) is 2. The van der Waals surface area contributed by atoms with Crippen molar-refractivity contribution in [3.63, 3.8) is 0 Å². The van der Waals surface area contributed by atoms with Crippen LogP contribution < -0.4 is 11.1 Å². The molecule has 0 radical (unpaired) electrons. The fraction of sp³-hybridized carbons (Fsp3) is 0. The van der Waals surface area contributed by atoms with E-state index >= 15 is 0 Å². The Labute approximate surface area is 106 Å². The molecule has 1 aromatic heterocycles. The molecule has 2 aromatic carbocycles. The molecular weight excluding hydrogens is 252 g/mol. The highest BCUT2D eigenvalue weighted by molar-refractivity contribution is 5.86. The molecule has 3 N–H and O–H groups in total. The highest BCUT2D eigenvalue weighted by atomic mass is 19.1. The molecule has 1 heterocycles. The summed E-state index contributed by atoms with van der Waals surface area (Å²) in [6.45, 7) is 0. The Hall–Kier alpha value is -2.63. The first kappa shape index (κ1) is 11.5. The van der Waals surface area contributed by atoms with Gasteiger partial charge in [-0.25, -0.2) is 8.78 Å². The van der Waals surface area contributed by atoms with Crippen LogP contribution in [-0.2, 0) is 0 Å². The number of aromatic nitrogens is 1. The maximum absolute atomic E-state index is 13.5. The molecule has 0 aliphatic rings. The van der Waals surface area contributed by atoms with E-state index < -0.39 is 11.6 Å². The lowest BCUT2D eigenvalue weighted by Crippen LogP contribution is -1.94. The summed E-state index contributed by atoms with van der Waals surface area (Å²) < 4.78 is 31.6. The second kappa shape index (κ2) is 4.24. The summed E-state index contributed by atoms with van der Waals surface area (Å²) >= 11 is 0. The van der Waals surface area contributed by atoms with Crippen LogP contribution in [0.3, 0.4) is 0 Å². The van der Waals surface area contributed by atoms with E-state index in [1.807, 2.05) is 0 Å². The molecule has 19 heavy (non-hydrogen) atoms. The number of nitrogens with one attached hydrogen (secondary N) is 1. The molecule has 6 heteroatoms. The van der Waals surface area contributed by atoms with E-state index in [1.165, 1.54) is 6.07 Å². The van der Waals surface area contributed by atoms with E-state index in [1.54, 1.807) is 18.2 Å². The van der Waals surface area contributed by atoms with E-state index in [4.69, 9.17) is 10.2 Å². The molecule has 0 atom stereocenters. The molecule has 0 saturated carbocycles. The SMILES string of the molecule is Nc1cccc2oc(Nc3ccc(F)cc3F)nc12. The molecule has 0 amide bonds. The summed E-state index contributed by atoms with van der Waals surface area (Å²) in [6.07, 6.45) is 0. The Morgan fingerprint density at radius 1 is 1.16 bits per heavy atom. The number of nitrogen functional groups attached to an aromatic ring is 1. The van der Waals surface area contributed by atoms with Gasteiger partial charge in [0.05, 0.1) is 11.4 Å². The smallest absolute Gasteiger partial charge is 0.300 e. The minimum atomic E-state index is -0.727. The molecule has 0 spiro atoms. The average molecular weight is 261 g/mol. The number of benzene rings is 2. The summed E-state index contributed by atoms with van der Waals surface area (Å²) in [6, 6.07) is 8.40. The third-order valence-corrected chi connectivity index (χ3v) is 2.62. The van der Waals surface area contributed by atoms with Gasteiger partial charge in [0.25, 0.3) is 6.01 Å². The van der Waals surface area contributed by atoms with E-state index in [2.05, 4.69) is 10.3 Å². The predicted molar refractivity (Wildman–Crippen MR) is 68.1 cm³/mol. The molecule has 3 rings (SSSR count). The molecule has 3 aromatic rings. The average Bonchev–Trinajstić information content (AvgIpc) is 2.77. The van der Waals surface area contributed by atoms with Crippen LogP contribution in [0, 0.1) is 11.6 Å². The first-order chi connectivity index (χ1) is 9.13. The van der Waals surface area contributed by atoms with Gasteiger partial charge in [-0.15, -0.1) is 0 Å². The fourth-order valence-electron chi connectivity index (χ4n) is 1.73. The maximum Gasteiger partial charge on any atom is 0.300 e. The van der Waals surface area contributed by atoms with Gasteiger partial charge in [0, 0.05) is 6.07 Å². The number of rotatable bonds is 2. The standard InChI is InChI=1S/C13H9F2N3O/c14-7-4-5-10(8(15)6-7)17-13-18-12-9(16)2-1-3-11(12)19-13/h1-6H,16H2,(H,17,18). The van der Waals surface area contributed by atoms with Crippen molar-refractivity contribution in [2.75, 3.05) is 11.1 Å². The van der Waals surface area contributed by atoms with Crippen LogP contribution in [0.15, 0.2) is 40.8 Å². The van der Waals surface area contributed by atoms with Crippen LogP contribution >= 0.6 is 0 Å². The zero-order valence-corrected chi connectivity index (χ0v) is 9.65. The first-order valence-corrected chi connectivity index (χ1v) is 5.50. The monoisotopic (exact) mass is 261 g/mol. The number of anilines is 3. The number of nitrogens with zero attached hydrogens (tertiary/aromatic N) is 1. The van der Waals surface area contributed by atoms with Crippen LogP contribution in [-0.4, -0.2) is 4.98 Å².